The zero-order valence-corrected chi connectivity index (χ0v) is 10.5. The molecule has 0 saturated heterocycles. The van der Waals surface area contributed by atoms with E-state index in [0.717, 1.165) is 12.1 Å². The van der Waals surface area contributed by atoms with Gasteiger partial charge in [0.25, 0.3) is 5.56 Å². The SMILES string of the molecule is C[C@@H](CCN)n1nc(C(C)(C)C)ccc1=O. The summed E-state index contributed by atoms with van der Waals surface area (Å²) in [4.78, 5) is 11.7. The molecule has 0 aliphatic rings. The van der Waals surface area contributed by atoms with E-state index in [1.165, 1.54) is 4.68 Å². The second-order valence-corrected chi connectivity index (χ2v) is 5.18. The van der Waals surface area contributed by atoms with E-state index < -0.39 is 0 Å². The summed E-state index contributed by atoms with van der Waals surface area (Å²) < 4.78 is 1.54. The Labute approximate surface area is 96.5 Å². The average Bonchev–Trinajstić information content (AvgIpc) is 2.16. The summed E-state index contributed by atoms with van der Waals surface area (Å²) in [6, 6.07) is 3.44. The van der Waals surface area contributed by atoms with Gasteiger partial charge in [0.2, 0.25) is 0 Å². The number of aromatic nitrogens is 2. The first-order valence-electron chi connectivity index (χ1n) is 5.66. The highest BCUT2D eigenvalue weighted by Crippen LogP contribution is 2.19. The van der Waals surface area contributed by atoms with Crippen LogP contribution in [0.2, 0.25) is 0 Å². The lowest BCUT2D eigenvalue weighted by Gasteiger charge is -2.20. The lowest BCUT2D eigenvalue weighted by Crippen LogP contribution is -2.30. The molecule has 1 rings (SSSR count). The fraction of sp³-hybridized carbons (Fsp3) is 0.667. The molecule has 1 aromatic rings. The quantitative estimate of drug-likeness (QED) is 0.843. The van der Waals surface area contributed by atoms with Gasteiger partial charge >= 0.3 is 0 Å². The van der Waals surface area contributed by atoms with Crippen molar-refractivity contribution in [2.45, 2.75) is 45.6 Å². The lowest BCUT2D eigenvalue weighted by molar-refractivity contribution is 0.419. The lowest BCUT2D eigenvalue weighted by atomic mass is 9.92. The van der Waals surface area contributed by atoms with E-state index in [9.17, 15) is 4.79 Å². The van der Waals surface area contributed by atoms with Crippen LogP contribution in [0, 0.1) is 0 Å². The molecule has 0 fully saturated rings. The highest BCUT2D eigenvalue weighted by Gasteiger charge is 2.17. The number of rotatable bonds is 3. The molecule has 4 heteroatoms. The summed E-state index contributed by atoms with van der Waals surface area (Å²) >= 11 is 0. The van der Waals surface area contributed by atoms with E-state index in [1.54, 1.807) is 12.1 Å². The van der Waals surface area contributed by atoms with Crippen molar-refractivity contribution in [3.63, 3.8) is 0 Å². The van der Waals surface area contributed by atoms with Crippen molar-refractivity contribution in [1.29, 1.82) is 0 Å². The van der Waals surface area contributed by atoms with Crippen LogP contribution in [0.4, 0.5) is 0 Å². The molecule has 0 saturated carbocycles. The smallest absolute Gasteiger partial charge is 0.266 e. The predicted octanol–water partition coefficient (Wildman–Crippen LogP) is 1.45. The molecule has 1 aromatic heterocycles. The molecule has 0 unspecified atom stereocenters. The molecule has 0 bridgehead atoms. The minimum atomic E-state index is -0.0612. The van der Waals surface area contributed by atoms with Crippen LogP contribution in [0.25, 0.3) is 0 Å². The first-order chi connectivity index (χ1) is 7.36. The minimum absolute atomic E-state index is 0.0438. The molecular formula is C12H21N3O. The van der Waals surface area contributed by atoms with Crippen LogP contribution in [0.5, 0.6) is 0 Å². The third-order valence-electron chi connectivity index (χ3n) is 2.60. The van der Waals surface area contributed by atoms with E-state index >= 15 is 0 Å². The van der Waals surface area contributed by atoms with Gasteiger partial charge in [-0.2, -0.15) is 5.10 Å². The third kappa shape index (κ3) is 2.92. The maximum Gasteiger partial charge on any atom is 0.266 e. The molecule has 90 valence electrons. The van der Waals surface area contributed by atoms with Crippen LogP contribution < -0.4 is 11.3 Å². The Bertz CT molecular complexity index is 403. The molecule has 0 aliphatic heterocycles. The molecular weight excluding hydrogens is 202 g/mol. The van der Waals surface area contributed by atoms with Gasteiger partial charge in [-0.15, -0.1) is 0 Å². The molecule has 16 heavy (non-hydrogen) atoms. The fourth-order valence-electron chi connectivity index (χ4n) is 1.50. The molecule has 0 aromatic carbocycles. The van der Waals surface area contributed by atoms with Crippen molar-refractivity contribution in [3.8, 4) is 0 Å². The van der Waals surface area contributed by atoms with Gasteiger partial charge in [-0.25, -0.2) is 4.68 Å². The van der Waals surface area contributed by atoms with E-state index in [1.807, 2.05) is 6.92 Å². The van der Waals surface area contributed by atoms with Gasteiger partial charge in [0.15, 0.2) is 0 Å². The van der Waals surface area contributed by atoms with E-state index in [0.29, 0.717) is 6.54 Å². The summed E-state index contributed by atoms with van der Waals surface area (Å²) in [5, 5.41) is 4.41. The van der Waals surface area contributed by atoms with Gasteiger partial charge in [0, 0.05) is 11.5 Å². The third-order valence-corrected chi connectivity index (χ3v) is 2.60. The Hall–Kier alpha value is -1.16. The summed E-state index contributed by atoms with van der Waals surface area (Å²) in [6.07, 6.45) is 0.764. The summed E-state index contributed by atoms with van der Waals surface area (Å²) in [5.41, 5.74) is 6.32. The zero-order valence-electron chi connectivity index (χ0n) is 10.5. The average molecular weight is 223 g/mol. The molecule has 0 amide bonds. The predicted molar refractivity (Wildman–Crippen MR) is 65.6 cm³/mol. The maximum absolute atomic E-state index is 11.7. The van der Waals surface area contributed by atoms with Crippen LogP contribution in [0.1, 0.15) is 45.9 Å². The Morgan fingerprint density at radius 2 is 2.06 bits per heavy atom. The van der Waals surface area contributed by atoms with Gasteiger partial charge < -0.3 is 5.73 Å². The van der Waals surface area contributed by atoms with E-state index in [2.05, 4.69) is 25.9 Å². The highest BCUT2D eigenvalue weighted by molar-refractivity contribution is 5.10. The molecule has 2 N–H and O–H groups in total. The normalized spacial score (nSPS) is 13.8. The van der Waals surface area contributed by atoms with Crippen molar-refractivity contribution < 1.29 is 0 Å². The Balaban J connectivity index is 3.14. The standard InChI is InChI=1S/C12H21N3O/c1-9(7-8-13)15-11(16)6-5-10(14-15)12(2,3)4/h5-6,9H,7-8,13H2,1-4H3/t9-/m0/s1. The highest BCUT2D eigenvalue weighted by atomic mass is 16.1. The Morgan fingerprint density at radius 3 is 2.56 bits per heavy atom. The fourth-order valence-corrected chi connectivity index (χ4v) is 1.50. The Morgan fingerprint density at radius 1 is 1.44 bits per heavy atom. The monoisotopic (exact) mass is 223 g/mol. The molecule has 0 aliphatic carbocycles. The summed E-state index contributed by atoms with van der Waals surface area (Å²) in [6.45, 7) is 8.77. The second-order valence-electron chi connectivity index (χ2n) is 5.18. The number of nitrogens with two attached hydrogens (primary N) is 1. The zero-order chi connectivity index (χ0) is 12.3. The first-order valence-corrected chi connectivity index (χ1v) is 5.66. The van der Waals surface area contributed by atoms with Crippen LogP contribution in [0.3, 0.4) is 0 Å². The first kappa shape index (κ1) is 12.9. The molecule has 1 atom stereocenters. The number of hydrogen-bond donors (Lipinski definition) is 1. The maximum atomic E-state index is 11.7. The van der Waals surface area contributed by atoms with E-state index in [-0.39, 0.29) is 17.0 Å². The van der Waals surface area contributed by atoms with Gasteiger partial charge in [0.1, 0.15) is 0 Å². The van der Waals surface area contributed by atoms with Crippen molar-refractivity contribution in [2.24, 2.45) is 5.73 Å². The van der Waals surface area contributed by atoms with Crippen LogP contribution in [-0.4, -0.2) is 16.3 Å². The molecule has 0 radical (unpaired) electrons. The second kappa shape index (κ2) is 4.78. The molecule has 0 spiro atoms. The largest absolute Gasteiger partial charge is 0.330 e. The van der Waals surface area contributed by atoms with Gasteiger partial charge in [0.05, 0.1) is 11.7 Å². The minimum Gasteiger partial charge on any atom is -0.330 e. The summed E-state index contributed by atoms with van der Waals surface area (Å²) in [5.74, 6) is 0. The number of hydrogen-bond acceptors (Lipinski definition) is 3. The Kier molecular flexibility index (Phi) is 3.86. The van der Waals surface area contributed by atoms with Crippen molar-refractivity contribution in [2.75, 3.05) is 6.54 Å². The van der Waals surface area contributed by atoms with Crippen molar-refractivity contribution in [1.82, 2.24) is 9.78 Å². The number of nitrogens with zero attached hydrogens (tertiary/aromatic N) is 2. The van der Waals surface area contributed by atoms with Crippen molar-refractivity contribution >= 4 is 0 Å². The van der Waals surface area contributed by atoms with Gasteiger partial charge in [-0.1, -0.05) is 20.8 Å². The topological polar surface area (TPSA) is 60.9 Å². The van der Waals surface area contributed by atoms with Gasteiger partial charge in [-0.3, -0.25) is 4.79 Å². The van der Waals surface area contributed by atoms with Gasteiger partial charge in [-0.05, 0) is 26.0 Å². The summed E-state index contributed by atoms with van der Waals surface area (Å²) in [7, 11) is 0. The van der Waals surface area contributed by atoms with Crippen LogP contribution in [-0.2, 0) is 5.41 Å². The molecule has 4 nitrogen and oxygen atoms in total. The van der Waals surface area contributed by atoms with E-state index in [4.69, 9.17) is 5.73 Å². The molecule has 1 heterocycles. The van der Waals surface area contributed by atoms with Crippen molar-refractivity contribution in [3.05, 3.63) is 28.2 Å². The van der Waals surface area contributed by atoms with Crippen LogP contribution >= 0.6 is 0 Å². The van der Waals surface area contributed by atoms with Crippen LogP contribution in [0.15, 0.2) is 16.9 Å².